The maximum absolute atomic E-state index is 13.0. The van der Waals surface area contributed by atoms with Crippen LogP contribution in [0.25, 0.3) is 0 Å². The van der Waals surface area contributed by atoms with Crippen LogP contribution in [0.4, 0.5) is 11.4 Å². The Hall–Kier alpha value is -2.67. The van der Waals surface area contributed by atoms with Gasteiger partial charge in [0.2, 0.25) is 9.84 Å². The van der Waals surface area contributed by atoms with Crippen LogP contribution in [0.15, 0.2) is 52.3 Å². The van der Waals surface area contributed by atoms with E-state index in [0.29, 0.717) is 36.2 Å². The summed E-state index contributed by atoms with van der Waals surface area (Å²) in [5.41, 5.74) is 1.66. The Balaban J connectivity index is 1.71. The summed E-state index contributed by atoms with van der Waals surface area (Å²) < 4.78 is 26.1. The van der Waals surface area contributed by atoms with Crippen molar-refractivity contribution < 1.29 is 23.1 Å². The number of fused-ring (bicyclic) bond motifs is 2. The summed E-state index contributed by atoms with van der Waals surface area (Å²) in [7, 11) is -1.87. The Kier molecular flexibility index (Phi) is 4.94. The van der Waals surface area contributed by atoms with E-state index in [1.54, 1.807) is 48.3 Å². The van der Waals surface area contributed by atoms with Gasteiger partial charge in [-0.15, -0.1) is 0 Å². The van der Waals surface area contributed by atoms with Gasteiger partial charge in [-0.2, -0.15) is 0 Å². The molecule has 0 amide bonds. The molecule has 1 saturated carbocycles. The van der Waals surface area contributed by atoms with E-state index < -0.39 is 21.7 Å². The average molecular weight is 413 g/mol. The lowest BCUT2D eigenvalue weighted by Crippen LogP contribution is -2.24. The molecule has 1 unspecified atom stereocenters. The summed E-state index contributed by atoms with van der Waals surface area (Å²) in [6, 6.07) is 11.6. The zero-order valence-corrected chi connectivity index (χ0v) is 17.0. The molecule has 1 N–H and O–H groups in total. The maximum Gasteiger partial charge on any atom is 0.310 e. The van der Waals surface area contributed by atoms with E-state index in [1.807, 2.05) is 0 Å². The SMILES string of the molecule is CN1c2ccccc2S(=O)(=O)c2ccc(C(CC3CCC(=O)CC3)C(=O)O)cc21. The minimum Gasteiger partial charge on any atom is -0.481 e. The summed E-state index contributed by atoms with van der Waals surface area (Å²) >= 11 is 0. The number of Topliss-reactive ketones (excluding diaryl/α,β-unsaturated/α-hetero) is 1. The molecule has 1 aliphatic carbocycles. The zero-order chi connectivity index (χ0) is 20.8. The third-order valence-electron chi connectivity index (χ3n) is 6.08. The summed E-state index contributed by atoms with van der Waals surface area (Å²) in [5, 5.41) is 9.84. The fraction of sp³-hybridized carbons (Fsp3) is 0.364. The number of para-hydroxylation sites is 1. The monoisotopic (exact) mass is 413 g/mol. The largest absolute Gasteiger partial charge is 0.481 e. The van der Waals surface area contributed by atoms with Gasteiger partial charge in [-0.05, 0) is 55.0 Å². The highest BCUT2D eigenvalue weighted by Crippen LogP contribution is 2.44. The molecule has 1 atom stereocenters. The highest BCUT2D eigenvalue weighted by Gasteiger charge is 2.34. The molecule has 1 fully saturated rings. The first-order chi connectivity index (χ1) is 13.8. The molecule has 0 aromatic heterocycles. The zero-order valence-electron chi connectivity index (χ0n) is 16.2. The number of carboxylic acid groups (broad SMARTS) is 1. The summed E-state index contributed by atoms with van der Waals surface area (Å²) in [6.45, 7) is 0. The fourth-order valence-corrected chi connectivity index (χ4v) is 6.09. The van der Waals surface area contributed by atoms with Gasteiger partial charge in [0.05, 0.1) is 27.1 Å². The molecule has 2 aliphatic rings. The van der Waals surface area contributed by atoms with Gasteiger partial charge in [-0.1, -0.05) is 18.2 Å². The number of aliphatic carboxylic acids is 1. The predicted molar refractivity (Wildman–Crippen MR) is 108 cm³/mol. The van der Waals surface area contributed by atoms with Gasteiger partial charge >= 0.3 is 5.97 Å². The fourth-order valence-electron chi connectivity index (χ4n) is 4.40. The van der Waals surface area contributed by atoms with Crippen molar-refractivity contribution in [2.75, 3.05) is 11.9 Å². The summed E-state index contributed by atoms with van der Waals surface area (Å²) in [4.78, 5) is 25.7. The van der Waals surface area contributed by atoms with Crippen molar-refractivity contribution in [2.24, 2.45) is 5.92 Å². The maximum atomic E-state index is 13.0. The van der Waals surface area contributed by atoms with E-state index in [2.05, 4.69) is 0 Å². The van der Waals surface area contributed by atoms with Crippen molar-refractivity contribution in [1.29, 1.82) is 0 Å². The summed E-state index contributed by atoms with van der Waals surface area (Å²) in [6.07, 6.45) is 2.91. The predicted octanol–water partition coefficient (Wildman–Crippen LogP) is 3.92. The van der Waals surface area contributed by atoms with Crippen LogP contribution in [0.2, 0.25) is 0 Å². The van der Waals surface area contributed by atoms with Gasteiger partial charge in [-0.3, -0.25) is 9.59 Å². The second-order valence-electron chi connectivity index (χ2n) is 7.87. The molecule has 0 radical (unpaired) electrons. The average Bonchev–Trinajstić information content (AvgIpc) is 2.71. The molecular weight excluding hydrogens is 390 g/mol. The minimum absolute atomic E-state index is 0.187. The number of nitrogens with zero attached hydrogens (tertiary/aromatic N) is 1. The van der Waals surface area contributed by atoms with Gasteiger partial charge in [0.15, 0.2) is 0 Å². The smallest absolute Gasteiger partial charge is 0.310 e. The number of hydrogen-bond donors (Lipinski definition) is 1. The van der Waals surface area contributed by atoms with Gasteiger partial charge in [0.1, 0.15) is 5.78 Å². The van der Waals surface area contributed by atoms with Crippen LogP contribution in [-0.2, 0) is 19.4 Å². The molecule has 1 aliphatic heterocycles. The van der Waals surface area contributed by atoms with Crippen LogP contribution in [0.1, 0.15) is 43.6 Å². The Labute approximate surface area is 170 Å². The minimum atomic E-state index is -3.66. The topological polar surface area (TPSA) is 91.8 Å². The molecule has 152 valence electrons. The molecule has 6 nitrogen and oxygen atoms in total. The third-order valence-corrected chi connectivity index (χ3v) is 7.93. The second kappa shape index (κ2) is 7.30. The highest BCUT2D eigenvalue weighted by molar-refractivity contribution is 7.92. The van der Waals surface area contributed by atoms with Crippen molar-refractivity contribution in [3.63, 3.8) is 0 Å². The molecule has 0 bridgehead atoms. The van der Waals surface area contributed by atoms with Crippen molar-refractivity contribution >= 4 is 33.0 Å². The Bertz CT molecular complexity index is 1080. The Morgan fingerprint density at radius 1 is 1.10 bits per heavy atom. The standard InChI is InChI=1S/C22H23NO5S/c1-23-18-4-2-3-5-20(18)29(27,28)21-11-8-15(13-19(21)23)17(22(25)26)12-14-6-9-16(24)10-7-14/h2-5,8,11,13-14,17H,6-7,9-10,12H2,1H3,(H,25,26). The molecular formula is C22H23NO5S. The number of sulfone groups is 1. The van der Waals surface area contributed by atoms with E-state index in [4.69, 9.17) is 0 Å². The van der Waals surface area contributed by atoms with Crippen LogP contribution < -0.4 is 4.90 Å². The first kappa shape index (κ1) is 19.6. The number of ketones is 1. The Morgan fingerprint density at radius 2 is 1.76 bits per heavy atom. The van der Waals surface area contributed by atoms with Gasteiger partial charge in [-0.25, -0.2) is 8.42 Å². The van der Waals surface area contributed by atoms with E-state index in [9.17, 15) is 23.1 Å². The van der Waals surface area contributed by atoms with Crippen molar-refractivity contribution in [2.45, 2.75) is 47.8 Å². The number of benzene rings is 2. The molecule has 29 heavy (non-hydrogen) atoms. The number of carboxylic acids is 1. The van der Waals surface area contributed by atoms with Crippen LogP contribution in [-0.4, -0.2) is 32.3 Å². The van der Waals surface area contributed by atoms with E-state index in [0.717, 1.165) is 12.8 Å². The number of anilines is 2. The lowest BCUT2D eigenvalue weighted by molar-refractivity contribution is -0.139. The van der Waals surface area contributed by atoms with Gasteiger partial charge in [0, 0.05) is 19.9 Å². The first-order valence-corrected chi connectivity index (χ1v) is 11.2. The molecule has 2 aromatic carbocycles. The van der Waals surface area contributed by atoms with Crippen molar-refractivity contribution in [3.05, 3.63) is 48.0 Å². The highest BCUT2D eigenvalue weighted by atomic mass is 32.2. The van der Waals surface area contributed by atoms with E-state index in [1.165, 1.54) is 6.07 Å². The molecule has 7 heteroatoms. The molecule has 0 saturated heterocycles. The van der Waals surface area contributed by atoms with E-state index >= 15 is 0 Å². The Morgan fingerprint density at radius 3 is 2.45 bits per heavy atom. The lowest BCUT2D eigenvalue weighted by atomic mass is 9.80. The van der Waals surface area contributed by atoms with Gasteiger partial charge in [0.25, 0.3) is 0 Å². The first-order valence-electron chi connectivity index (χ1n) is 9.75. The number of rotatable bonds is 4. The van der Waals surface area contributed by atoms with Crippen LogP contribution in [0.5, 0.6) is 0 Å². The van der Waals surface area contributed by atoms with Crippen LogP contribution in [0.3, 0.4) is 0 Å². The van der Waals surface area contributed by atoms with Crippen LogP contribution >= 0.6 is 0 Å². The number of hydrogen-bond acceptors (Lipinski definition) is 5. The quantitative estimate of drug-likeness (QED) is 0.817. The van der Waals surface area contributed by atoms with Gasteiger partial charge < -0.3 is 10.0 Å². The molecule has 4 rings (SSSR count). The van der Waals surface area contributed by atoms with E-state index in [-0.39, 0.29) is 21.5 Å². The molecule has 1 heterocycles. The summed E-state index contributed by atoms with van der Waals surface area (Å²) in [5.74, 6) is -1.23. The normalized spacial score (nSPS) is 19.3. The lowest BCUT2D eigenvalue weighted by Gasteiger charge is -2.31. The van der Waals surface area contributed by atoms with Crippen LogP contribution in [0, 0.1) is 5.92 Å². The number of carbonyl (C=O) groups excluding carboxylic acids is 1. The molecule has 0 spiro atoms. The third kappa shape index (κ3) is 3.44. The number of carbonyl (C=O) groups is 2. The second-order valence-corrected chi connectivity index (χ2v) is 9.75. The van der Waals surface area contributed by atoms with Crippen molar-refractivity contribution in [3.8, 4) is 0 Å². The molecule has 2 aromatic rings. The van der Waals surface area contributed by atoms with Crippen molar-refractivity contribution in [1.82, 2.24) is 0 Å².